The van der Waals surface area contributed by atoms with Crippen molar-refractivity contribution in [2.75, 3.05) is 5.32 Å². The van der Waals surface area contributed by atoms with Gasteiger partial charge in [-0.25, -0.2) is 9.18 Å². The molecule has 1 aromatic rings. The highest BCUT2D eigenvalue weighted by Gasteiger charge is 2.40. The molecule has 0 aliphatic heterocycles. The van der Waals surface area contributed by atoms with E-state index in [0.717, 1.165) is 6.42 Å². The third-order valence-electron chi connectivity index (χ3n) is 3.36. The average Bonchev–Trinajstić information content (AvgIpc) is 2.30. The molecule has 3 N–H and O–H groups in total. The van der Waals surface area contributed by atoms with E-state index in [9.17, 15) is 14.0 Å². The third-order valence-corrected chi connectivity index (χ3v) is 3.96. The maximum atomic E-state index is 13.1. The lowest BCUT2D eigenvalue weighted by Crippen LogP contribution is -2.55. The van der Waals surface area contributed by atoms with Crippen LogP contribution >= 0.6 is 15.9 Å². The summed E-state index contributed by atoms with van der Waals surface area (Å²) in [6.45, 7) is 0. The van der Waals surface area contributed by atoms with Crippen LogP contribution in [0.25, 0.3) is 0 Å². The fourth-order valence-corrected chi connectivity index (χ4v) is 2.59. The van der Waals surface area contributed by atoms with E-state index in [4.69, 9.17) is 5.11 Å². The minimum atomic E-state index is -0.936. The molecule has 0 unspecified atom stereocenters. The largest absolute Gasteiger partial charge is 0.481 e. The van der Waals surface area contributed by atoms with E-state index >= 15 is 0 Å². The number of carboxylic acid groups (broad SMARTS) is 1. The summed E-state index contributed by atoms with van der Waals surface area (Å²) in [5.74, 6) is -1.35. The second-order valence-corrected chi connectivity index (χ2v) is 5.77. The van der Waals surface area contributed by atoms with Crippen molar-refractivity contribution in [2.45, 2.75) is 31.2 Å². The van der Waals surface area contributed by atoms with Crippen LogP contribution in [0.2, 0.25) is 0 Å². The predicted molar refractivity (Wildman–Crippen MR) is 75.1 cm³/mol. The number of aliphatic carboxylic acids is 1. The Balaban J connectivity index is 1.97. The Morgan fingerprint density at radius 3 is 2.60 bits per heavy atom. The van der Waals surface area contributed by atoms with Crippen LogP contribution in [0.1, 0.15) is 25.7 Å². The topological polar surface area (TPSA) is 78.4 Å². The van der Waals surface area contributed by atoms with Gasteiger partial charge < -0.3 is 15.7 Å². The van der Waals surface area contributed by atoms with Gasteiger partial charge in [0.05, 0.1) is 16.4 Å². The molecule has 2 amide bonds. The van der Waals surface area contributed by atoms with Crippen LogP contribution in [0, 0.1) is 5.82 Å². The van der Waals surface area contributed by atoms with Crippen molar-refractivity contribution in [1.82, 2.24) is 5.32 Å². The highest BCUT2D eigenvalue weighted by Crippen LogP contribution is 2.35. The summed E-state index contributed by atoms with van der Waals surface area (Å²) < 4.78 is 13.3. The van der Waals surface area contributed by atoms with Crippen LogP contribution in [-0.2, 0) is 4.79 Å². The summed E-state index contributed by atoms with van der Waals surface area (Å²) in [4.78, 5) is 22.7. The molecule has 1 aliphatic rings. The van der Waals surface area contributed by atoms with Gasteiger partial charge in [-0.2, -0.15) is 0 Å². The molecule has 108 valence electrons. The molecule has 0 heterocycles. The van der Waals surface area contributed by atoms with E-state index in [1.165, 1.54) is 18.2 Å². The molecule has 7 heteroatoms. The molecule has 1 aromatic carbocycles. The summed E-state index contributed by atoms with van der Waals surface area (Å²) in [7, 11) is 0. The van der Waals surface area contributed by atoms with Gasteiger partial charge in [0.25, 0.3) is 0 Å². The van der Waals surface area contributed by atoms with Gasteiger partial charge in [-0.05, 0) is 53.4 Å². The molecule has 0 atom stereocenters. The predicted octanol–water partition coefficient (Wildman–Crippen LogP) is 3.11. The highest BCUT2D eigenvalue weighted by atomic mass is 79.9. The number of carboxylic acids is 1. The van der Waals surface area contributed by atoms with Crippen LogP contribution in [0.4, 0.5) is 14.9 Å². The summed E-state index contributed by atoms with van der Waals surface area (Å²) in [5, 5.41) is 14.1. The van der Waals surface area contributed by atoms with Crippen molar-refractivity contribution in [1.29, 1.82) is 0 Å². The van der Waals surface area contributed by atoms with Crippen molar-refractivity contribution < 1.29 is 19.1 Å². The Bertz CT molecular complexity index is 546. The highest BCUT2D eigenvalue weighted by molar-refractivity contribution is 9.10. The van der Waals surface area contributed by atoms with E-state index in [0.29, 0.717) is 18.5 Å². The number of urea groups is 1. The SMILES string of the molecule is O=C(O)CC1(NC(=O)Nc2ccc(F)c(Br)c2)CCC1. The van der Waals surface area contributed by atoms with Gasteiger partial charge in [0.15, 0.2) is 0 Å². The Kier molecular flexibility index (Phi) is 4.27. The van der Waals surface area contributed by atoms with E-state index in [2.05, 4.69) is 26.6 Å². The zero-order valence-corrected chi connectivity index (χ0v) is 12.2. The molecule has 2 rings (SSSR count). The summed E-state index contributed by atoms with van der Waals surface area (Å²) in [6, 6.07) is 3.63. The second-order valence-electron chi connectivity index (χ2n) is 4.91. The lowest BCUT2D eigenvalue weighted by atomic mass is 9.74. The first-order chi connectivity index (χ1) is 9.40. The maximum absolute atomic E-state index is 13.1. The minimum absolute atomic E-state index is 0.0897. The molecule has 1 fully saturated rings. The van der Waals surface area contributed by atoms with Crippen LogP contribution < -0.4 is 10.6 Å². The number of anilines is 1. The first kappa shape index (κ1) is 14.8. The first-order valence-electron chi connectivity index (χ1n) is 6.16. The average molecular weight is 345 g/mol. The molecule has 0 saturated heterocycles. The van der Waals surface area contributed by atoms with Crippen molar-refractivity contribution in [3.8, 4) is 0 Å². The Morgan fingerprint density at radius 1 is 1.40 bits per heavy atom. The Labute approximate surface area is 123 Å². The third kappa shape index (κ3) is 3.47. The molecule has 20 heavy (non-hydrogen) atoms. The van der Waals surface area contributed by atoms with Gasteiger partial charge in [-0.3, -0.25) is 4.79 Å². The zero-order chi connectivity index (χ0) is 14.8. The number of amides is 2. The van der Waals surface area contributed by atoms with Gasteiger partial charge in [0, 0.05) is 5.69 Å². The second kappa shape index (κ2) is 5.78. The number of carbonyl (C=O) groups is 2. The Hall–Kier alpha value is -1.63. The number of halogens is 2. The summed E-state index contributed by atoms with van der Waals surface area (Å²) >= 11 is 3.03. The van der Waals surface area contributed by atoms with Crippen LogP contribution in [0.15, 0.2) is 22.7 Å². The number of benzene rings is 1. The van der Waals surface area contributed by atoms with Gasteiger partial charge in [0.2, 0.25) is 0 Å². The lowest BCUT2D eigenvalue weighted by molar-refractivity contribution is -0.139. The molecule has 0 spiro atoms. The van der Waals surface area contributed by atoms with Crippen molar-refractivity contribution in [3.05, 3.63) is 28.5 Å². The standard InChI is InChI=1S/C13H14BrFN2O3/c14-9-6-8(2-3-10(9)15)16-12(20)17-13(4-1-5-13)7-11(18)19/h2-3,6H,1,4-5,7H2,(H,18,19)(H2,16,17,20). The van der Waals surface area contributed by atoms with E-state index in [1.807, 2.05) is 0 Å². The van der Waals surface area contributed by atoms with Gasteiger partial charge >= 0.3 is 12.0 Å². The van der Waals surface area contributed by atoms with E-state index in [-0.39, 0.29) is 10.9 Å². The zero-order valence-electron chi connectivity index (χ0n) is 10.6. The van der Waals surface area contributed by atoms with Gasteiger partial charge in [-0.1, -0.05) is 0 Å². The van der Waals surface area contributed by atoms with E-state index in [1.54, 1.807) is 0 Å². The number of hydrogen-bond donors (Lipinski definition) is 3. The quantitative estimate of drug-likeness (QED) is 0.785. The molecular weight excluding hydrogens is 331 g/mol. The van der Waals surface area contributed by atoms with Crippen LogP contribution in [-0.4, -0.2) is 22.6 Å². The summed E-state index contributed by atoms with van der Waals surface area (Å²) in [6.07, 6.45) is 2.11. The summed E-state index contributed by atoms with van der Waals surface area (Å²) in [5.41, 5.74) is -0.228. The first-order valence-corrected chi connectivity index (χ1v) is 6.96. The van der Waals surface area contributed by atoms with Gasteiger partial charge in [-0.15, -0.1) is 0 Å². The molecule has 5 nitrogen and oxygen atoms in total. The number of rotatable bonds is 4. The number of nitrogens with one attached hydrogen (secondary N) is 2. The smallest absolute Gasteiger partial charge is 0.319 e. The molecule has 0 bridgehead atoms. The molecular formula is C13H14BrFN2O3. The fourth-order valence-electron chi connectivity index (χ4n) is 2.22. The maximum Gasteiger partial charge on any atom is 0.319 e. The Morgan fingerprint density at radius 2 is 2.10 bits per heavy atom. The fraction of sp³-hybridized carbons (Fsp3) is 0.385. The minimum Gasteiger partial charge on any atom is -0.481 e. The monoisotopic (exact) mass is 344 g/mol. The normalized spacial score (nSPS) is 16.1. The van der Waals surface area contributed by atoms with Crippen molar-refractivity contribution in [2.24, 2.45) is 0 Å². The molecule has 0 radical (unpaired) electrons. The van der Waals surface area contributed by atoms with Crippen molar-refractivity contribution >= 4 is 33.6 Å². The van der Waals surface area contributed by atoms with Gasteiger partial charge in [0.1, 0.15) is 5.82 Å². The van der Waals surface area contributed by atoms with Crippen LogP contribution in [0.3, 0.4) is 0 Å². The molecule has 1 aliphatic carbocycles. The molecule has 1 saturated carbocycles. The molecule has 0 aromatic heterocycles. The van der Waals surface area contributed by atoms with Crippen LogP contribution in [0.5, 0.6) is 0 Å². The van der Waals surface area contributed by atoms with E-state index < -0.39 is 23.4 Å². The van der Waals surface area contributed by atoms with Crippen molar-refractivity contribution in [3.63, 3.8) is 0 Å². The number of carbonyl (C=O) groups excluding carboxylic acids is 1. The number of hydrogen-bond acceptors (Lipinski definition) is 2. The lowest BCUT2D eigenvalue weighted by Gasteiger charge is -2.41.